The monoisotopic (exact) mass is 231 g/mol. The number of hydrogen-bond acceptors (Lipinski definition) is 4. The van der Waals surface area contributed by atoms with Gasteiger partial charge in [0.05, 0.1) is 5.69 Å². The lowest BCUT2D eigenvalue weighted by Gasteiger charge is -2.13. The SMILES string of the molecule is Cc1c2c(=N)c(=O)on-2c2ccccc2n1O. The van der Waals surface area contributed by atoms with Gasteiger partial charge in [-0.15, -0.1) is 0 Å². The third-order valence-corrected chi connectivity index (χ3v) is 2.81. The predicted octanol–water partition coefficient (Wildman–Crippen LogP) is 0.848. The van der Waals surface area contributed by atoms with E-state index in [0.29, 0.717) is 16.7 Å². The second-order valence-electron chi connectivity index (χ2n) is 3.78. The first-order valence-electron chi connectivity index (χ1n) is 5.01. The van der Waals surface area contributed by atoms with Crippen LogP contribution in [0.25, 0.3) is 16.7 Å². The fourth-order valence-corrected chi connectivity index (χ4v) is 1.97. The Hall–Kier alpha value is -2.50. The number of nitrogens with zero attached hydrogens (tertiary/aromatic N) is 2. The lowest BCUT2D eigenvalue weighted by molar-refractivity contribution is 0.187. The molecular weight excluding hydrogens is 222 g/mol. The van der Waals surface area contributed by atoms with Crippen LogP contribution in [0.1, 0.15) is 5.69 Å². The molecule has 0 unspecified atom stereocenters. The quantitative estimate of drug-likeness (QED) is 0.562. The van der Waals surface area contributed by atoms with Gasteiger partial charge >= 0.3 is 5.63 Å². The van der Waals surface area contributed by atoms with E-state index in [4.69, 9.17) is 9.93 Å². The van der Waals surface area contributed by atoms with E-state index in [9.17, 15) is 10.0 Å². The van der Waals surface area contributed by atoms with Gasteiger partial charge in [0.15, 0.2) is 5.36 Å². The Morgan fingerprint density at radius 1 is 1.29 bits per heavy atom. The molecular formula is C11H9N3O3. The molecule has 2 N–H and O–H groups in total. The van der Waals surface area contributed by atoms with Crippen molar-refractivity contribution in [3.63, 3.8) is 0 Å². The van der Waals surface area contributed by atoms with Crippen molar-refractivity contribution < 1.29 is 9.73 Å². The van der Waals surface area contributed by atoms with Crippen LogP contribution in [0.5, 0.6) is 0 Å². The largest absolute Gasteiger partial charge is 0.428 e. The van der Waals surface area contributed by atoms with Crippen LogP contribution in [0.15, 0.2) is 33.6 Å². The van der Waals surface area contributed by atoms with Gasteiger partial charge < -0.3 is 9.73 Å². The second-order valence-corrected chi connectivity index (χ2v) is 3.78. The summed E-state index contributed by atoms with van der Waals surface area (Å²) in [5.41, 5.74) is 0.989. The molecule has 1 aromatic carbocycles. The fourth-order valence-electron chi connectivity index (χ4n) is 1.97. The van der Waals surface area contributed by atoms with Crippen molar-refractivity contribution in [1.82, 2.24) is 9.47 Å². The zero-order chi connectivity index (χ0) is 12.2. The molecule has 17 heavy (non-hydrogen) atoms. The molecule has 0 atom stereocenters. The van der Waals surface area contributed by atoms with Gasteiger partial charge in [-0.1, -0.05) is 12.1 Å². The van der Waals surface area contributed by atoms with Crippen LogP contribution in [-0.2, 0) is 0 Å². The topological polar surface area (TPSA) is 84.2 Å². The van der Waals surface area contributed by atoms with Crippen LogP contribution in [0.3, 0.4) is 0 Å². The van der Waals surface area contributed by atoms with Crippen molar-refractivity contribution in [1.29, 1.82) is 5.41 Å². The van der Waals surface area contributed by atoms with Crippen LogP contribution in [0.2, 0.25) is 0 Å². The highest BCUT2D eigenvalue weighted by Crippen LogP contribution is 2.20. The van der Waals surface area contributed by atoms with Crippen molar-refractivity contribution in [3.8, 4) is 5.69 Å². The van der Waals surface area contributed by atoms with E-state index in [1.807, 2.05) is 0 Å². The van der Waals surface area contributed by atoms with Crippen molar-refractivity contribution in [3.05, 3.63) is 45.7 Å². The molecule has 0 saturated heterocycles. The van der Waals surface area contributed by atoms with Crippen molar-refractivity contribution in [2.24, 2.45) is 0 Å². The summed E-state index contributed by atoms with van der Waals surface area (Å²) < 4.78 is 7.23. The zero-order valence-corrected chi connectivity index (χ0v) is 8.97. The number of nitrogens with one attached hydrogen (secondary N) is 1. The second kappa shape index (κ2) is 3.00. The van der Waals surface area contributed by atoms with E-state index >= 15 is 0 Å². The van der Waals surface area contributed by atoms with Crippen molar-refractivity contribution in [2.75, 3.05) is 0 Å². The summed E-state index contributed by atoms with van der Waals surface area (Å²) in [6, 6.07) is 6.94. The number of hydrogen-bond donors (Lipinski definition) is 2. The first kappa shape index (κ1) is 9.71. The molecule has 0 amide bonds. The standard InChI is InChI=1S/C11H9N3O3/c1-6-10-9(12)11(15)17-14(10)8-5-3-2-4-7(8)13(6)16/h2-5,12,16H,1H3. The zero-order valence-electron chi connectivity index (χ0n) is 8.97. The summed E-state index contributed by atoms with van der Waals surface area (Å²) in [6.07, 6.45) is 0. The van der Waals surface area contributed by atoms with Gasteiger partial charge in [-0.25, -0.2) is 4.79 Å². The Morgan fingerprint density at radius 2 is 1.94 bits per heavy atom. The van der Waals surface area contributed by atoms with Gasteiger partial charge in [-0.3, -0.25) is 5.41 Å². The van der Waals surface area contributed by atoms with Crippen molar-refractivity contribution >= 4 is 11.0 Å². The molecule has 2 aliphatic heterocycles. The molecule has 0 fully saturated rings. The van der Waals surface area contributed by atoms with E-state index in [-0.39, 0.29) is 11.0 Å². The predicted molar refractivity (Wildman–Crippen MR) is 58.8 cm³/mol. The Balaban J connectivity index is 2.74. The normalized spacial score (nSPS) is 11.4. The van der Waals surface area contributed by atoms with Gasteiger partial charge in [-0.05, 0) is 19.1 Å². The summed E-state index contributed by atoms with van der Waals surface area (Å²) >= 11 is 0. The molecule has 0 aromatic heterocycles. The Labute approximate surface area is 94.7 Å². The van der Waals surface area contributed by atoms with E-state index < -0.39 is 5.63 Å². The van der Waals surface area contributed by atoms with Gasteiger partial charge in [0, 0.05) is 0 Å². The van der Waals surface area contributed by atoms with Crippen LogP contribution < -0.4 is 11.0 Å². The first-order valence-corrected chi connectivity index (χ1v) is 5.01. The minimum absolute atomic E-state index is 0.254. The maximum Gasteiger partial charge on any atom is 0.383 e. The maximum absolute atomic E-state index is 11.4. The highest BCUT2D eigenvalue weighted by Gasteiger charge is 2.20. The smallest absolute Gasteiger partial charge is 0.383 e. The third-order valence-electron chi connectivity index (χ3n) is 2.81. The van der Waals surface area contributed by atoms with Gasteiger partial charge in [0.25, 0.3) is 0 Å². The first-order chi connectivity index (χ1) is 8.11. The summed E-state index contributed by atoms with van der Waals surface area (Å²) in [6.45, 7) is 1.62. The molecule has 0 aliphatic carbocycles. The molecule has 0 bridgehead atoms. The fraction of sp³-hybridized carbons (Fsp3) is 0.0909. The van der Waals surface area contributed by atoms with Gasteiger partial charge in [-0.2, -0.15) is 9.47 Å². The minimum atomic E-state index is -0.718. The number of rotatable bonds is 0. The molecule has 6 nitrogen and oxygen atoms in total. The lowest BCUT2D eigenvalue weighted by Crippen LogP contribution is -2.20. The molecule has 0 saturated carbocycles. The molecule has 3 rings (SSSR count). The van der Waals surface area contributed by atoms with Crippen LogP contribution in [0, 0.1) is 12.3 Å². The Bertz CT molecular complexity index is 809. The van der Waals surface area contributed by atoms with Crippen LogP contribution in [0.4, 0.5) is 0 Å². The number of benzene rings is 1. The number of fused-ring (bicyclic) bond motifs is 3. The van der Waals surface area contributed by atoms with Crippen LogP contribution in [-0.4, -0.2) is 14.7 Å². The highest BCUT2D eigenvalue weighted by molar-refractivity contribution is 5.77. The van der Waals surface area contributed by atoms with Crippen LogP contribution >= 0.6 is 0 Å². The van der Waals surface area contributed by atoms with E-state index in [1.54, 1.807) is 31.2 Å². The third kappa shape index (κ3) is 1.09. The Morgan fingerprint density at radius 3 is 2.65 bits per heavy atom. The lowest BCUT2D eigenvalue weighted by atomic mass is 10.2. The van der Waals surface area contributed by atoms with E-state index in [1.165, 1.54) is 4.74 Å². The molecule has 2 heterocycles. The molecule has 2 aliphatic rings. The van der Waals surface area contributed by atoms with E-state index in [2.05, 4.69) is 0 Å². The summed E-state index contributed by atoms with van der Waals surface area (Å²) in [5.74, 6) is 0. The minimum Gasteiger partial charge on any atom is -0.428 e. The molecule has 0 radical (unpaired) electrons. The molecule has 86 valence electrons. The molecule has 6 heteroatoms. The van der Waals surface area contributed by atoms with Crippen molar-refractivity contribution in [2.45, 2.75) is 6.92 Å². The number of aromatic nitrogens is 2. The summed E-state index contributed by atoms with van der Waals surface area (Å²) in [5, 5.41) is 17.3. The van der Waals surface area contributed by atoms with E-state index in [0.717, 1.165) is 4.73 Å². The molecule has 1 aromatic rings. The maximum atomic E-state index is 11.4. The Kier molecular flexibility index (Phi) is 1.72. The van der Waals surface area contributed by atoms with Gasteiger partial charge in [0.2, 0.25) is 0 Å². The number of para-hydroxylation sites is 2. The highest BCUT2D eigenvalue weighted by atomic mass is 16.5. The molecule has 0 spiro atoms. The average molecular weight is 231 g/mol. The van der Waals surface area contributed by atoms with Gasteiger partial charge in [0.1, 0.15) is 16.7 Å². The average Bonchev–Trinajstić information content (AvgIpc) is 2.63. The summed E-state index contributed by atoms with van der Waals surface area (Å²) in [7, 11) is 0. The summed E-state index contributed by atoms with van der Waals surface area (Å²) in [4.78, 5) is 11.4.